The molecule has 0 aliphatic carbocycles. The van der Waals surface area contributed by atoms with Gasteiger partial charge in [0.15, 0.2) is 11.5 Å². The smallest absolute Gasteiger partial charge is 0.271 e. The van der Waals surface area contributed by atoms with Crippen LogP contribution in [0.4, 0.5) is 5.69 Å². The number of likely N-dealkylation sites (N-methyl/N-ethyl adjacent to an activating group) is 1. The van der Waals surface area contributed by atoms with E-state index in [4.69, 9.17) is 10.2 Å². The van der Waals surface area contributed by atoms with E-state index in [-0.39, 0.29) is 5.69 Å². The normalized spacial score (nSPS) is 10.6. The first-order valence-electron chi connectivity index (χ1n) is 5.92. The lowest BCUT2D eigenvalue weighted by Gasteiger charge is -2.10. The van der Waals surface area contributed by atoms with Gasteiger partial charge in [0, 0.05) is 0 Å². The zero-order chi connectivity index (χ0) is 16.3. The summed E-state index contributed by atoms with van der Waals surface area (Å²) < 4.78 is 0. The monoisotopic (exact) mass is 298 g/mol. The molecule has 21 heavy (non-hydrogen) atoms. The van der Waals surface area contributed by atoms with E-state index in [0.717, 1.165) is 6.54 Å². The summed E-state index contributed by atoms with van der Waals surface area (Å²) in [6.45, 7) is 1.39. The van der Waals surface area contributed by atoms with Gasteiger partial charge in [0.2, 0.25) is 5.43 Å². The molecule has 114 valence electrons. The summed E-state index contributed by atoms with van der Waals surface area (Å²) in [6, 6.07) is 0. The van der Waals surface area contributed by atoms with E-state index >= 15 is 0 Å². The molecule has 0 unspecified atom stereocenters. The summed E-state index contributed by atoms with van der Waals surface area (Å²) in [6.07, 6.45) is 0. The third-order valence-corrected chi connectivity index (χ3v) is 2.65. The topological polar surface area (TPSA) is 148 Å². The number of aromatic hydroxyl groups is 2. The molecule has 0 atom stereocenters. The van der Waals surface area contributed by atoms with Crippen LogP contribution >= 0.6 is 0 Å². The van der Waals surface area contributed by atoms with Gasteiger partial charge in [-0.1, -0.05) is 0 Å². The van der Waals surface area contributed by atoms with Gasteiger partial charge in [-0.15, -0.1) is 0 Å². The zero-order valence-electron chi connectivity index (χ0n) is 11.3. The van der Waals surface area contributed by atoms with Crippen molar-refractivity contribution < 1.29 is 20.2 Å². The van der Waals surface area contributed by atoms with Gasteiger partial charge in [0.1, 0.15) is 5.69 Å². The molecule has 2 aromatic carbocycles. The Bertz CT molecular complexity index is 747. The molecule has 0 bridgehead atoms. The second-order valence-electron chi connectivity index (χ2n) is 4.60. The van der Waals surface area contributed by atoms with E-state index in [1.807, 2.05) is 14.1 Å². The van der Waals surface area contributed by atoms with Crippen molar-refractivity contribution in [3.8, 4) is 17.2 Å². The van der Waals surface area contributed by atoms with Gasteiger partial charge >= 0.3 is 0 Å². The summed E-state index contributed by atoms with van der Waals surface area (Å²) in [5.41, 5.74) is -3.55. The van der Waals surface area contributed by atoms with Crippen LogP contribution < -0.4 is 37.0 Å². The van der Waals surface area contributed by atoms with Crippen molar-refractivity contribution in [3.05, 3.63) is 40.9 Å². The molecular formula is C12H14N2O7. The number of hydrogen-bond acceptors (Lipinski definition) is 8. The van der Waals surface area contributed by atoms with Crippen molar-refractivity contribution in [2.24, 2.45) is 0 Å². The Hall–Kier alpha value is -2.68. The van der Waals surface area contributed by atoms with Crippen molar-refractivity contribution in [3.63, 3.8) is 0 Å². The third kappa shape index (κ3) is 3.26. The molecule has 0 radical (unpaired) electrons. The standard InChI is InChI=1S/C8H12N2O3.C4H2O4/c1-10(2)4-3-9-5-6(11)8(13)7(5)12;5-1-2(6)4(8)3(1)7/h9,11H,3-4H2,1-2H3;5-6H. The maximum absolute atomic E-state index is 10.8. The SMILES string of the molecule is C[NH+](C)CCNc1c(O)c(=O)c1=O.O=c1c([O-])c(O)c1=O. The fraction of sp³-hybridized carbons (Fsp3) is 0.333. The first kappa shape index (κ1) is 16.4. The van der Waals surface area contributed by atoms with E-state index in [1.54, 1.807) is 0 Å². The van der Waals surface area contributed by atoms with E-state index in [9.17, 15) is 24.3 Å². The highest BCUT2D eigenvalue weighted by Crippen LogP contribution is 2.13. The lowest BCUT2D eigenvalue weighted by atomic mass is 10.2. The average Bonchev–Trinajstić information content (AvgIpc) is 2.48. The Morgan fingerprint density at radius 2 is 1.48 bits per heavy atom. The molecule has 0 saturated carbocycles. The number of nitrogens with one attached hydrogen (secondary N) is 2. The van der Waals surface area contributed by atoms with Crippen LogP contribution in [0.2, 0.25) is 0 Å². The Morgan fingerprint density at radius 3 is 1.81 bits per heavy atom. The minimum Gasteiger partial charge on any atom is -0.867 e. The van der Waals surface area contributed by atoms with Gasteiger partial charge < -0.3 is 25.5 Å². The number of hydrogen-bond donors (Lipinski definition) is 4. The lowest BCUT2D eigenvalue weighted by Crippen LogP contribution is -3.06. The highest BCUT2D eigenvalue weighted by molar-refractivity contribution is 5.60. The average molecular weight is 298 g/mol. The summed E-state index contributed by atoms with van der Waals surface area (Å²) in [7, 11) is 3.95. The van der Waals surface area contributed by atoms with E-state index in [1.165, 1.54) is 4.90 Å². The van der Waals surface area contributed by atoms with Crippen molar-refractivity contribution in [1.29, 1.82) is 0 Å². The second kappa shape index (κ2) is 6.18. The summed E-state index contributed by atoms with van der Waals surface area (Å²) >= 11 is 0. The highest BCUT2D eigenvalue weighted by Gasteiger charge is 2.19. The summed E-state index contributed by atoms with van der Waals surface area (Å²) in [5.74, 6) is -2.44. The molecule has 0 amide bonds. The quantitative estimate of drug-likeness (QED) is 0.413. The highest BCUT2D eigenvalue weighted by atomic mass is 16.3. The van der Waals surface area contributed by atoms with Gasteiger partial charge in [-0.05, 0) is 5.75 Å². The van der Waals surface area contributed by atoms with Crippen LogP contribution in [0, 0.1) is 0 Å². The lowest BCUT2D eigenvalue weighted by molar-refractivity contribution is -0.856. The van der Waals surface area contributed by atoms with Gasteiger partial charge in [-0.25, -0.2) is 0 Å². The van der Waals surface area contributed by atoms with Crippen LogP contribution in [-0.2, 0) is 0 Å². The van der Waals surface area contributed by atoms with Gasteiger partial charge in [-0.3, -0.25) is 19.2 Å². The van der Waals surface area contributed by atoms with Crippen LogP contribution in [-0.4, -0.2) is 37.4 Å². The molecule has 9 nitrogen and oxygen atoms in total. The Morgan fingerprint density at radius 1 is 0.952 bits per heavy atom. The number of quaternary nitrogens is 1. The maximum atomic E-state index is 10.8. The molecule has 0 spiro atoms. The van der Waals surface area contributed by atoms with E-state index in [2.05, 4.69) is 5.32 Å². The molecule has 0 saturated heterocycles. The zero-order valence-corrected chi connectivity index (χ0v) is 11.3. The Balaban J connectivity index is 0.000000235. The van der Waals surface area contributed by atoms with Crippen molar-refractivity contribution in [2.75, 3.05) is 32.5 Å². The molecule has 0 aliphatic heterocycles. The minimum atomic E-state index is -1.12. The molecule has 0 aromatic heterocycles. The van der Waals surface area contributed by atoms with Crippen molar-refractivity contribution >= 4 is 5.69 Å². The minimum absolute atomic E-state index is 0.0613. The molecule has 0 fully saturated rings. The van der Waals surface area contributed by atoms with Crippen LogP contribution in [0.1, 0.15) is 0 Å². The first-order chi connectivity index (χ1) is 9.68. The molecular weight excluding hydrogens is 284 g/mol. The molecule has 2 aromatic rings. The second-order valence-corrected chi connectivity index (χ2v) is 4.60. The molecule has 4 N–H and O–H groups in total. The fourth-order valence-electron chi connectivity index (χ4n) is 1.34. The van der Waals surface area contributed by atoms with Crippen LogP contribution in [0.3, 0.4) is 0 Å². The third-order valence-electron chi connectivity index (χ3n) is 2.65. The Kier molecular flexibility index (Phi) is 4.82. The molecule has 9 heteroatoms. The predicted molar refractivity (Wildman–Crippen MR) is 71.7 cm³/mol. The van der Waals surface area contributed by atoms with Crippen LogP contribution in [0.25, 0.3) is 0 Å². The van der Waals surface area contributed by atoms with Gasteiger partial charge in [-0.2, -0.15) is 0 Å². The van der Waals surface area contributed by atoms with E-state index in [0.29, 0.717) is 6.54 Å². The van der Waals surface area contributed by atoms with Crippen LogP contribution in [0.5, 0.6) is 17.2 Å². The summed E-state index contributed by atoms with van der Waals surface area (Å²) in [4.78, 5) is 42.4. The van der Waals surface area contributed by atoms with Crippen molar-refractivity contribution in [2.45, 2.75) is 0 Å². The Labute approximate surface area is 117 Å². The fourth-order valence-corrected chi connectivity index (χ4v) is 1.34. The molecule has 0 heterocycles. The molecule has 0 aliphatic rings. The van der Waals surface area contributed by atoms with E-state index < -0.39 is 39.0 Å². The predicted octanol–water partition coefficient (Wildman–Crippen LogP) is -4.39. The summed E-state index contributed by atoms with van der Waals surface area (Å²) in [5, 5.41) is 29.7. The number of rotatable bonds is 4. The largest absolute Gasteiger partial charge is 0.867 e. The maximum Gasteiger partial charge on any atom is 0.271 e. The van der Waals surface area contributed by atoms with Crippen LogP contribution in [0.15, 0.2) is 19.2 Å². The number of anilines is 1. The van der Waals surface area contributed by atoms with Gasteiger partial charge in [0.05, 0.1) is 27.2 Å². The van der Waals surface area contributed by atoms with Gasteiger partial charge in [0.25, 0.3) is 16.3 Å². The molecule has 2 rings (SSSR count). The first-order valence-corrected chi connectivity index (χ1v) is 5.92. The van der Waals surface area contributed by atoms with Crippen molar-refractivity contribution in [1.82, 2.24) is 0 Å².